The third-order valence-corrected chi connectivity index (χ3v) is 7.12. The van der Waals surface area contributed by atoms with Crippen molar-refractivity contribution in [3.05, 3.63) is 84.4 Å². The molecule has 0 saturated carbocycles. The number of sulfonamides is 1. The number of primary sulfonamides is 1. The van der Waals surface area contributed by atoms with Gasteiger partial charge in [-0.1, -0.05) is 60.7 Å². The molecule has 0 saturated heterocycles. The van der Waals surface area contributed by atoms with E-state index in [-0.39, 0.29) is 10.8 Å². The third kappa shape index (κ3) is 5.07. The van der Waals surface area contributed by atoms with Gasteiger partial charge in [-0.3, -0.25) is 4.79 Å². The lowest BCUT2D eigenvalue weighted by Gasteiger charge is -2.11. The summed E-state index contributed by atoms with van der Waals surface area (Å²) in [4.78, 5) is 13.6. The van der Waals surface area contributed by atoms with Crippen LogP contribution in [0.3, 0.4) is 0 Å². The number of carbonyl (C=O) groups excluding carboxylic acids is 1. The molecular formula is C24H22N2O3S2. The third-order valence-electron chi connectivity index (χ3n) is 5.06. The number of hydrogen-bond donors (Lipinski definition) is 2. The van der Waals surface area contributed by atoms with Crippen LogP contribution in [-0.4, -0.2) is 26.6 Å². The summed E-state index contributed by atoms with van der Waals surface area (Å²) in [5.74, 6) is 0.283. The average Bonchev–Trinajstić information content (AvgIpc) is 2.76. The van der Waals surface area contributed by atoms with Crippen LogP contribution >= 0.6 is 11.8 Å². The van der Waals surface area contributed by atoms with Crippen LogP contribution < -0.4 is 10.5 Å². The van der Waals surface area contributed by atoms with E-state index in [1.54, 1.807) is 23.9 Å². The minimum Gasteiger partial charge on any atom is -0.355 e. The monoisotopic (exact) mass is 450 g/mol. The maximum atomic E-state index is 12.4. The smallest absolute Gasteiger partial charge is 0.238 e. The lowest BCUT2D eigenvalue weighted by Crippen LogP contribution is -2.27. The highest BCUT2D eigenvalue weighted by Crippen LogP contribution is 2.35. The van der Waals surface area contributed by atoms with Crippen LogP contribution in [0.4, 0.5) is 0 Å². The van der Waals surface area contributed by atoms with Crippen molar-refractivity contribution >= 4 is 49.2 Å². The first-order valence-electron chi connectivity index (χ1n) is 9.83. The highest BCUT2D eigenvalue weighted by molar-refractivity contribution is 8.00. The summed E-state index contributed by atoms with van der Waals surface area (Å²) in [5, 5.41) is 12.7. The zero-order valence-electron chi connectivity index (χ0n) is 16.7. The van der Waals surface area contributed by atoms with Crippen molar-refractivity contribution in [1.29, 1.82) is 0 Å². The molecule has 0 aliphatic heterocycles. The Labute approximate surface area is 185 Å². The highest BCUT2D eigenvalue weighted by Gasteiger charge is 2.11. The van der Waals surface area contributed by atoms with Crippen molar-refractivity contribution in [2.24, 2.45) is 5.14 Å². The molecule has 0 radical (unpaired) electrons. The quantitative estimate of drug-likeness (QED) is 0.328. The Morgan fingerprint density at radius 2 is 1.45 bits per heavy atom. The van der Waals surface area contributed by atoms with Gasteiger partial charge in [-0.15, -0.1) is 11.8 Å². The highest BCUT2D eigenvalue weighted by atomic mass is 32.2. The van der Waals surface area contributed by atoms with Crippen LogP contribution in [0.5, 0.6) is 0 Å². The Morgan fingerprint density at radius 1 is 0.871 bits per heavy atom. The van der Waals surface area contributed by atoms with Gasteiger partial charge in [0.25, 0.3) is 0 Å². The number of fused-ring (bicyclic) bond motifs is 2. The minimum atomic E-state index is -3.69. The van der Waals surface area contributed by atoms with E-state index in [0.717, 1.165) is 32.0 Å². The molecule has 0 spiro atoms. The van der Waals surface area contributed by atoms with Crippen molar-refractivity contribution in [3.63, 3.8) is 0 Å². The molecule has 7 heteroatoms. The van der Waals surface area contributed by atoms with Crippen LogP contribution in [0.25, 0.3) is 21.5 Å². The maximum Gasteiger partial charge on any atom is 0.238 e. The fraction of sp³-hybridized carbons (Fsp3) is 0.125. The van der Waals surface area contributed by atoms with E-state index in [2.05, 4.69) is 35.6 Å². The predicted octanol–water partition coefficient (Wildman–Crippen LogP) is 4.09. The molecule has 0 aliphatic carbocycles. The first-order valence-corrected chi connectivity index (χ1v) is 12.4. The zero-order chi connectivity index (χ0) is 21.8. The van der Waals surface area contributed by atoms with Gasteiger partial charge >= 0.3 is 0 Å². The molecule has 1 amide bonds. The summed E-state index contributed by atoms with van der Waals surface area (Å²) >= 11 is 1.55. The van der Waals surface area contributed by atoms with E-state index in [0.29, 0.717) is 18.7 Å². The number of thioether (sulfide) groups is 1. The summed E-state index contributed by atoms with van der Waals surface area (Å²) in [5.41, 5.74) is 0.931. The molecule has 0 unspecified atom stereocenters. The topological polar surface area (TPSA) is 89.3 Å². The summed E-state index contributed by atoms with van der Waals surface area (Å²) in [6.07, 6.45) is 0.610. The van der Waals surface area contributed by atoms with Gasteiger partial charge in [0.1, 0.15) is 0 Å². The van der Waals surface area contributed by atoms with Crippen molar-refractivity contribution in [2.45, 2.75) is 16.2 Å². The van der Waals surface area contributed by atoms with E-state index in [1.165, 1.54) is 12.1 Å². The molecule has 158 valence electrons. The summed E-state index contributed by atoms with van der Waals surface area (Å²) in [7, 11) is -3.69. The molecule has 4 aromatic rings. The lowest BCUT2D eigenvalue weighted by atomic mass is 10.0. The molecule has 0 bridgehead atoms. The number of carbonyl (C=O) groups is 1. The molecule has 4 rings (SSSR count). The average molecular weight is 451 g/mol. The van der Waals surface area contributed by atoms with Gasteiger partial charge in [-0.2, -0.15) is 0 Å². The van der Waals surface area contributed by atoms with Gasteiger partial charge in [0.2, 0.25) is 15.9 Å². The van der Waals surface area contributed by atoms with E-state index in [9.17, 15) is 13.2 Å². The second kappa shape index (κ2) is 9.09. The Hall–Kier alpha value is -2.87. The molecule has 0 heterocycles. The van der Waals surface area contributed by atoms with Crippen molar-refractivity contribution in [2.75, 3.05) is 12.3 Å². The number of nitrogens with two attached hydrogens (primary N) is 1. The van der Waals surface area contributed by atoms with E-state index in [1.807, 2.05) is 24.3 Å². The van der Waals surface area contributed by atoms with E-state index < -0.39 is 10.0 Å². The normalized spacial score (nSPS) is 11.6. The molecule has 3 N–H and O–H groups in total. The Bertz CT molecular complexity index is 1300. The van der Waals surface area contributed by atoms with Crippen LogP contribution in [0.2, 0.25) is 0 Å². The molecule has 0 fully saturated rings. The standard InChI is InChI=1S/C24H22N2O3S2/c25-31(28,29)20-11-9-17(10-12-20)13-14-26-23(27)16-30-24-21-7-3-1-5-18(21)15-19-6-2-4-8-22(19)24/h1-12,15H,13-14,16H2,(H,26,27)(H2,25,28,29). The van der Waals surface area contributed by atoms with E-state index in [4.69, 9.17) is 5.14 Å². The van der Waals surface area contributed by atoms with Gasteiger partial charge in [-0.25, -0.2) is 13.6 Å². The first-order chi connectivity index (χ1) is 14.9. The molecule has 0 aliphatic rings. The number of amides is 1. The molecule has 0 aromatic heterocycles. The Kier molecular flexibility index (Phi) is 6.27. The van der Waals surface area contributed by atoms with Crippen LogP contribution in [0, 0.1) is 0 Å². The van der Waals surface area contributed by atoms with Gasteiger partial charge in [0.15, 0.2) is 0 Å². The Balaban J connectivity index is 1.39. The van der Waals surface area contributed by atoms with Gasteiger partial charge in [-0.05, 0) is 51.7 Å². The molecule has 31 heavy (non-hydrogen) atoms. The van der Waals surface area contributed by atoms with Crippen LogP contribution in [-0.2, 0) is 21.2 Å². The van der Waals surface area contributed by atoms with Gasteiger partial charge in [0.05, 0.1) is 10.6 Å². The lowest BCUT2D eigenvalue weighted by molar-refractivity contribution is -0.118. The van der Waals surface area contributed by atoms with Crippen molar-refractivity contribution < 1.29 is 13.2 Å². The number of benzene rings is 4. The van der Waals surface area contributed by atoms with Crippen molar-refractivity contribution in [3.8, 4) is 0 Å². The maximum absolute atomic E-state index is 12.4. The minimum absolute atomic E-state index is 0.0387. The second-order valence-electron chi connectivity index (χ2n) is 7.23. The second-order valence-corrected chi connectivity index (χ2v) is 9.77. The summed E-state index contributed by atoms with van der Waals surface area (Å²) < 4.78 is 22.6. The zero-order valence-corrected chi connectivity index (χ0v) is 18.4. The first kappa shape index (κ1) is 21.4. The number of rotatable bonds is 7. The number of nitrogens with one attached hydrogen (secondary N) is 1. The largest absolute Gasteiger partial charge is 0.355 e. The van der Waals surface area contributed by atoms with Crippen molar-refractivity contribution in [1.82, 2.24) is 5.32 Å². The fourth-order valence-corrected chi connectivity index (χ4v) is 5.08. The molecule has 5 nitrogen and oxygen atoms in total. The predicted molar refractivity (Wildman–Crippen MR) is 127 cm³/mol. The molecular weight excluding hydrogens is 428 g/mol. The van der Waals surface area contributed by atoms with Gasteiger partial charge in [0, 0.05) is 11.4 Å². The summed E-state index contributed by atoms with van der Waals surface area (Å²) in [6.45, 7) is 0.477. The van der Waals surface area contributed by atoms with Crippen LogP contribution in [0.15, 0.2) is 88.7 Å². The fourth-order valence-electron chi connectivity index (χ4n) is 3.51. The number of hydrogen-bond acceptors (Lipinski definition) is 4. The SMILES string of the molecule is NS(=O)(=O)c1ccc(CCNC(=O)CSc2c3ccccc3cc3ccccc23)cc1. The Morgan fingerprint density at radius 3 is 2.03 bits per heavy atom. The summed E-state index contributed by atoms with van der Waals surface area (Å²) in [6, 6.07) is 25.0. The van der Waals surface area contributed by atoms with E-state index >= 15 is 0 Å². The van der Waals surface area contributed by atoms with Crippen LogP contribution in [0.1, 0.15) is 5.56 Å². The van der Waals surface area contributed by atoms with Gasteiger partial charge < -0.3 is 5.32 Å². The molecule has 4 aromatic carbocycles. The molecule has 0 atom stereocenters.